The fraction of sp³-hybridized carbons (Fsp3) is 0.261. The van der Waals surface area contributed by atoms with Crippen molar-refractivity contribution < 1.29 is 23.4 Å². The molecule has 4 rings (SSSR count). The van der Waals surface area contributed by atoms with E-state index < -0.39 is 12.0 Å². The van der Waals surface area contributed by atoms with Crippen LogP contribution in [0.3, 0.4) is 0 Å². The summed E-state index contributed by atoms with van der Waals surface area (Å²) in [5.74, 6) is 1.11. The molecule has 0 unspecified atom stereocenters. The zero-order valence-electron chi connectivity index (χ0n) is 17.9. The van der Waals surface area contributed by atoms with Gasteiger partial charge in [-0.1, -0.05) is 17.4 Å². The van der Waals surface area contributed by atoms with Crippen molar-refractivity contribution in [2.24, 2.45) is 4.99 Å². The van der Waals surface area contributed by atoms with Gasteiger partial charge in [-0.25, -0.2) is 9.79 Å². The first-order valence-corrected chi connectivity index (χ1v) is 10.9. The van der Waals surface area contributed by atoms with E-state index in [1.165, 1.54) is 35.5 Å². The van der Waals surface area contributed by atoms with Gasteiger partial charge in [-0.05, 0) is 43.7 Å². The number of hydrogen-bond acceptors (Lipinski definition) is 8. The van der Waals surface area contributed by atoms with Gasteiger partial charge < -0.3 is 18.6 Å². The molecule has 0 fully saturated rings. The summed E-state index contributed by atoms with van der Waals surface area (Å²) in [6.07, 6.45) is 4.65. The molecule has 1 aliphatic rings. The van der Waals surface area contributed by atoms with E-state index in [1.54, 1.807) is 30.3 Å². The Morgan fingerprint density at radius 1 is 1.22 bits per heavy atom. The van der Waals surface area contributed by atoms with Gasteiger partial charge in [-0.3, -0.25) is 9.36 Å². The van der Waals surface area contributed by atoms with Gasteiger partial charge in [0.25, 0.3) is 5.56 Å². The van der Waals surface area contributed by atoms with Crippen LogP contribution in [0.5, 0.6) is 11.5 Å². The molecule has 1 aliphatic heterocycles. The number of carbonyl (C=O) groups excluding carboxylic acids is 1. The molecule has 2 aromatic heterocycles. The van der Waals surface area contributed by atoms with Crippen molar-refractivity contribution in [1.82, 2.24) is 4.57 Å². The molecule has 32 heavy (non-hydrogen) atoms. The SMILES string of the molecule is CCOc1ccc([C@@H]2C(C(=O)OC)=CN=c3s/c(=C\c4ccco4)c(=O)n32)cc1OCC. The van der Waals surface area contributed by atoms with Crippen LogP contribution >= 0.6 is 11.3 Å². The van der Waals surface area contributed by atoms with Gasteiger partial charge in [0.1, 0.15) is 5.76 Å². The Bertz CT molecular complexity index is 1330. The Hall–Kier alpha value is -3.59. The van der Waals surface area contributed by atoms with Crippen LogP contribution in [0.25, 0.3) is 6.08 Å². The number of esters is 1. The van der Waals surface area contributed by atoms with Crippen molar-refractivity contribution in [2.75, 3.05) is 20.3 Å². The average Bonchev–Trinajstić information content (AvgIpc) is 3.42. The molecule has 0 amide bonds. The van der Waals surface area contributed by atoms with Crippen LogP contribution in [0.15, 0.2) is 62.6 Å². The number of furan rings is 1. The normalized spacial score (nSPS) is 15.5. The largest absolute Gasteiger partial charge is 0.490 e. The van der Waals surface area contributed by atoms with Gasteiger partial charge in [0.05, 0.1) is 42.7 Å². The molecule has 3 heterocycles. The van der Waals surface area contributed by atoms with Gasteiger partial charge in [-0.2, -0.15) is 0 Å². The minimum Gasteiger partial charge on any atom is -0.490 e. The summed E-state index contributed by atoms with van der Waals surface area (Å²) in [7, 11) is 1.30. The van der Waals surface area contributed by atoms with Crippen molar-refractivity contribution in [3.8, 4) is 11.5 Å². The van der Waals surface area contributed by atoms with E-state index in [9.17, 15) is 9.59 Å². The van der Waals surface area contributed by atoms with Crippen LogP contribution < -0.4 is 24.4 Å². The van der Waals surface area contributed by atoms with E-state index in [-0.39, 0.29) is 11.1 Å². The molecule has 1 aromatic carbocycles. The first-order chi connectivity index (χ1) is 15.6. The number of thiazole rings is 1. The lowest BCUT2D eigenvalue weighted by molar-refractivity contribution is -0.136. The first-order valence-electron chi connectivity index (χ1n) is 10.1. The predicted octanol–water partition coefficient (Wildman–Crippen LogP) is 2.41. The summed E-state index contributed by atoms with van der Waals surface area (Å²) in [5, 5.41) is 0. The second-order valence-electron chi connectivity index (χ2n) is 6.76. The molecule has 8 nitrogen and oxygen atoms in total. The Balaban J connectivity index is 1.91. The average molecular weight is 455 g/mol. The monoisotopic (exact) mass is 454 g/mol. The number of hydrogen-bond donors (Lipinski definition) is 0. The van der Waals surface area contributed by atoms with Crippen LogP contribution in [-0.2, 0) is 9.53 Å². The number of ether oxygens (including phenoxy) is 3. The summed E-state index contributed by atoms with van der Waals surface area (Å²) >= 11 is 1.22. The minimum atomic E-state index is -0.729. The van der Waals surface area contributed by atoms with E-state index in [4.69, 9.17) is 18.6 Å². The van der Waals surface area contributed by atoms with Crippen LogP contribution in [-0.4, -0.2) is 30.9 Å². The second kappa shape index (κ2) is 9.27. The molecule has 166 valence electrons. The molecule has 0 N–H and O–H groups in total. The molecular weight excluding hydrogens is 432 g/mol. The summed E-state index contributed by atoms with van der Waals surface area (Å²) in [5.41, 5.74) is 0.640. The maximum atomic E-state index is 13.4. The van der Waals surface area contributed by atoms with Crippen molar-refractivity contribution >= 4 is 23.4 Å². The minimum absolute atomic E-state index is 0.246. The summed E-state index contributed by atoms with van der Waals surface area (Å²) in [4.78, 5) is 30.8. The highest BCUT2D eigenvalue weighted by Gasteiger charge is 2.31. The van der Waals surface area contributed by atoms with Crippen LogP contribution in [0.1, 0.15) is 31.2 Å². The van der Waals surface area contributed by atoms with E-state index in [0.717, 1.165) is 0 Å². The van der Waals surface area contributed by atoms with Crippen LogP contribution in [0, 0.1) is 0 Å². The van der Waals surface area contributed by atoms with Crippen molar-refractivity contribution in [1.29, 1.82) is 0 Å². The number of fused-ring (bicyclic) bond motifs is 1. The predicted molar refractivity (Wildman–Crippen MR) is 119 cm³/mol. The fourth-order valence-electron chi connectivity index (χ4n) is 3.49. The van der Waals surface area contributed by atoms with Gasteiger partial charge in [0.15, 0.2) is 16.3 Å². The molecule has 0 spiro atoms. The molecule has 0 radical (unpaired) electrons. The maximum Gasteiger partial charge on any atom is 0.337 e. The molecule has 0 saturated carbocycles. The number of rotatable bonds is 7. The highest BCUT2D eigenvalue weighted by Crippen LogP contribution is 2.35. The number of benzene rings is 1. The maximum absolute atomic E-state index is 13.4. The number of aromatic nitrogens is 1. The molecule has 1 atom stereocenters. The lowest BCUT2D eigenvalue weighted by Gasteiger charge is -2.23. The third kappa shape index (κ3) is 3.99. The Morgan fingerprint density at radius 3 is 2.69 bits per heavy atom. The van der Waals surface area contributed by atoms with E-state index in [0.29, 0.717) is 45.4 Å². The van der Waals surface area contributed by atoms with Gasteiger partial charge in [0, 0.05) is 12.3 Å². The zero-order chi connectivity index (χ0) is 22.7. The molecule has 0 bridgehead atoms. The van der Waals surface area contributed by atoms with Crippen LogP contribution in [0.2, 0.25) is 0 Å². The van der Waals surface area contributed by atoms with Crippen LogP contribution in [0.4, 0.5) is 0 Å². The smallest absolute Gasteiger partial charge is 0.337 e. The molecular formula is C23H22N2O6S. The Morgan fingerprint density at radius 2 is 2.00 bits per heavy atom. The Labute approximate surface area is 187 Å². The zero-order valence-corrected chi connectivity index (χ0v) is 18.7. The van der Waals surface area contributed by atoms with E-state index >= 15 is 0 Å². The fourth-order valence-corrected chi connectivity index (χ4v) is 4.44. The topological polar surface area (TPSA) is 92.3 Å². The van der Waals surface area contributed by atoms with Gasteiger partial charge in [-0.15, -0.1) is 0 Å². The molecule has 9 heteroatoms. The lowest BCUT2D eigenvalue weighted by atomic mass is 9.97. The summed E-state index contributed by atoms with van der Waals surface area (Å²) in [6.45, 7) is 4.68. The number of methoxy groups -OCH3 is 1. The number of carbonyl (C=O) groups is 1. The first kappa shape index (κ1) is 21.6. The lowest BCUT2D eigenvalue weighted by Crippen LogP contribution is -2.39. The molecule has 3 aromatic rings. The number of nitrogens with zero attached hydrogens (tertiary/aromatic N) is 2. The van der Waals surface area contributed by atoms with Gasteiger partial charge in [0.2, 0.25) is 0 Å². The van der Waals surface area contributed by atoms with Gasteiger partial charge >= 0.3 is 5.97 Å². The van der Waals surface area contributed by atoms with E-state index in [2.05, 4.69) is 4.99 Å². The summed E-state index contributed by atoms with van der Waals surface area (Å²) < 4.78 is 23.7. The highest BCUT2D eigenvalue weighted by molar-refractivity contribution is 7.07. The second-order valence-corrected chi connectivity index (χ2v) is 7.77. The Kier molecular flexibility index (Phi) is 6.27. The quantitative estimate of drug-likeness (QED) is 0.509. The third-order valence-electron chi connectivity index (χ3n) is 4.82. The molecule has 0 saturated heterocycles. The highest BCUT2D eigenvalue weighted by atomic mass is 32.1. The van der Waals surface area contributed by atoms with Crippen molar-refractivity contribution in [3.63, 3.8) is 0 Å². The van der Waals surface area contributed by atoms with E-state index in [1.807, 2.05) is 19.9 Å². The standard InChI is InChI=1S/C23H22N2O6S/c1-4-29-17-9-8-14(11-18(17)30-5-2)20-16(22(27)28-3)13-24-23-25(20)21(26)19(32-23)12-15-7-6-10-31-15/h6-13,20H,4-5H2,1-3H3/b19-12-/t20-/m1/s1. The molecule has 0 aliphatic carbocycles. The van der Waals surface area contributed by atoms with Crippen molar-refractivity contribution in [3.05, 3.63) is 79.4 Å². The van der Waals surface area contributed by atoms with Crippen molar-refractivity contribution in [2.45, 2.75) is 19.9 Å². The third-order valence-corrected chi connectivity index (χ3v) is 5.82. The summed E-state index contributed by atoms with van der Waals surface area (Å²) in [6, 6.07) is 8.14.